The molecule has 3 aromatic rings. The van der Waals surface area contributed by atoms with E-state index in [4.69, 9.17) is 21.1 Å². The van der Waals surface area contributed by atoms with Crippen LogP contribution in [0.1, 0.15) is 11.1 Å². The molecule has 0 aliphatic rings. The summed E-state index contributed by atoms with van der Waals surface area (Å²) in [5.74, 6) is 0.723. The predicted octanol–water partition coefficient (Wildman–Crippen LogP) is 5.54. The lowest BCUT2D eigenvalue weighted by Gasteiger charge is -2.06. The molecule has 130 valence electrons. The van der Waals surface area contributed by atoms with Crippen molar-refractivity contribution in [3.8, 4) is 11.5 Å². The van der Waals surface area contributed by atoms with Crippen LogP contribution in [0.15, 0.2) is 84.9 Å². The molecule has 0 unspecified atom stereocenters. The molecular formula is C22H17ClO3. The van der Waals surface area contributed by atoms with Gasteiger partial charge < -0.3 is 9.47 Å². The Kier molecular flexibility index (Phi) is 6.07. The smallest absolute Gasteiger partial charge is 0.336 e. The highest BCUT2D eigenvalue weighted by atomic mass is 35.5. The van der Waals surface area contributed by atoms with Crippen LogP contribution in [0.5, 0.6) is 11.5 Å². The van der Waals surface area contributed by atoms with Gasteiger partial charge in [-0.05, 0) is 47.5 Å². The van der Waals surface area contributed by atoms with Crippen molar-refractivity contribution in [3.63, 3.8) is 0 Å². The molecule has 0 spiro atoms. The first-order valence-electron chi connectivity index (χ1n) is 8.11. The molecule has 4 heteroatoms. The van der Waals surface area contributed by atoms with Gasteiger partial charge in [0.1, 0.15) is 18.1 Å². The Hall–Kier alpha value is -3.04. The number of benzene rings is 3. The maximum Gasteiger partial charge on any atom is 0.336 e. The normalized spacial score (nSPS) is 10.7. The third kappa shape index (κ3) is 5.50. The summed E-state index contributed by atoms with van der Waals surface area (Å²) >= 11 is 5.86. The number of rotatable bonds is 6. The maximum absolute atomic E-state index is 11.8. The van der Waals surface area contributed by atoms with Crippen LogP contribution in [0.4, 0.5) is 0 Å². The zero-order valence-electron chi connectivity index (χ0n) is 14.0. The van der Waals surface area contributed by atoms with E-state index in [-0.39, 0.29) is 0 Å². The summed E-state index contributed by atoms with van der Waals surface area (Å²) in [5.41, 5.74) is 1.99. The van der Waals surface area contributed by atoms with Gasteiger partial charge in [0, 0.05) is 11.1 Å². The van der Waals surface area contributed by atoms with Crippen LogP contribution in [-0.4, -0.2) is 5.97 Å². The third-order valence-corrected chi connectivity index (χ3v) is 3.79. The van der Waals surface area contributed by atoms with Crippen LogP contribution in [0.2, 0.25) is 5.02 Å². The fraction of sp³-hybridized carbons (Fsp3) is 0.0455. The largest absolute Gasteiger partial charge is 0.489 e. The maximum atomic E-state index is 11.8. The summed E-state index contributed by atoms with van der Waals surface area (Å²) < 4.78 is 10.9. The molecule has 3 aromatic carbocycles. The zero-order valence-corrected chi connectivity index (χ0v) is 14.7. The summed E-state index contributed by atoms with van der Waals surface area (Å²) in [6.45, 7) is 0.516. The van der Waals surface area contributed by atoms with Crippen LogP contribution < -0.4 is 9.47 Å². The van der Waals surface area contributed by atoms with Gasteiger partial charge in [-0.15, -0.1) is 0 Å². The minimum Gasteiger partial charge on any atom is -0.489 e. The van der Waals surface area contributed by atoms with E-state index < -0.39 is 5.97 Å². The van der Waals surface area contributed by atoms with E-state index in [2.05, 4.69) is 0 Å². The van der Waals surface area contributed by atoms with Crippen LogP contribution in [0, 0.1) is 0 Å². The summed E-state index contributed by atoms with van der Waals surface area (Å²) in [5, 5.41) is 0.519. The lowest BCUT2D eigenvalue weighted by Crippen LogP contribution is -2.03. The van der Waals surface area contributed by atoms with Gasteiger partial charge in [-0.3, -0.25) is 0 Å². The predicted molar refractivity (Wildman–Crippen MR) is 103 cm³/mol. The van der Waals surface area contributed by atoms with Crippen molar-refractivity contribution < 1.29 is 14.3 Å². The fourth-order valence-electron chi connectivity index (χ4n) is 2.26. The molecule has 0 bridgehead atoms. The summed E-state index contributed by atoms with van der Waals surface area (Å²) in [4.78, 5) is 11.8. The van der Waals surface area contributed by atoms with Crippen molar-refractivity contribution in [3.05, 3.63) is 101 Å². The standard InChI is InChI=1S/C22H17ClO3/c23-19-7-4-8-21(15-19)26-22(24)14-11-17-9-12-20(13-10-17)25-16-18-5-2-1-3-6-18/h1-15H,16H2/b14-11+. The van der Waals surface area contributed by atoms with Crippen molar-refractivity contribution in [2.24, 2.45) is 0 Å². The number of carbonyl (C=O) groups is 1. The van der Waals surface area contributed by atoms with Crippen LogP contribution in [0.25, 0.3) is 6.08 Å². The average molecular weight is 365 g/mol. The lowest BCUT2D eigenvalue weighted by molar-refractivity contribution is -0.128. The third-order valence-electron chi connectivity index (χ3n) is 3.55. The van der Waals surface area contributed by atoms with Crippen LogP contribution >= 0.6 is 11.6 Å². The molecule has 0 radical (unpaired) electrons. The van der Waals surface area contributed by atoms with Gasteiger partial charge in [0.2, 0.25) is 0 Å². The monoisotopic (exact) mass is 364 g/mol. The minimum atomic E-state index is -0.461. The van der Waals surface area contributed by atoms with E-state index in [0.29, 0.717) is 17.4 Å². The molecule has 0 saturated heterocycles. The van der Waals surface area contributed by atoms with Crippen LogP contribution in [0.3, 0.4) is 0 Å². The second-order valence-corrected chi connectivity index (χ2v) is 5.99. The molecule has 0 saturated carbocycles. The molecule has 0 amide bonds. The quantitative estimate of drug-likeness (QED) is 0.327. The number of esters is 1. The Labute approximate surface area is 157 Å². The fourth-order valence-corrected chi connectivity index (χ4v) is 2.44. The lowest BCUT2D eigenvalue weighted by atomic mass is 10.2. The number of carbonyl (C=O) groups excluding carboxylic acids is 1. The number of hydrogen-bond acceptors (Lipinski definition) is 3. The second-order valence-electron chi connectivity index (χ2n) is 5.56. The molecule has 0 heterocycles. The molecule has 0 aliphatic heterocycles. The minimum absolute atomic E-state index is 0.414. The van der Waals surface area contributed by atoms with E-state index in [9.17, 15) is 4.79 Å². The number of hydrogen-bond donors (Lipinski definition) is 0. The molecule has 0 aliphatic carbocycles. The molecule has 26 heavy (non-hydrogen) atoms. The van der Waals surface area contributed by atoms with Crippen molar-refractivity contribution >= 4 is 23.6 Å². The topological polar surface area (TPSA) is 35.5 Å². The van der Waals surface area contributed by atoms with E-state index in [1.807, 2.05) is 54.6 Å². The highest BCUT2D eigenvalue weighted by molar-refractivity contribution is 6.30. The zero-order chi connectivity index (χ0) is 18.2. The summed E-state index contributed by atoms with van der Waals surface area (Å²) in [6, 6.07) is 24.2. The van der Waals surface area contributed by atoms with Gasteiger partial charge in [-0.1, -0.05) is 60.1 Å². The second kappa shape index (κ2) is 8.88. The van der Waals surface area contributed by atoms with Crippen molar-refractivity contribution in [2.45, 2.75) is 6.61 Å². The van der Waals surface area contributed by atoms with Crippen molar-refractivity contribution in [2.75, 3.05) is 0 Å². The number of halogens is 1. The number of ether oxygens (including phenoxy) is 2. The Bertz CT molecular complexity index is 887. The van der Waals surface area contributed by atoms with Gasteiger partial charge in [0.05, 0.1) is 0 Å². The molecule has 3 rings (SSSR count). The molecule has 0 aromatic heterocycles. The van der Waals surface area contributed by atoms with Gasteiger partial charge in [-0.25, -0.2) is 4.79 Å². The Morgan fingerprint density at radius 1 is 0.885 bits per heavy atom. The Balaban J connectivity index is 1.53. The molecular weight excluding hydrogens is 348 g/mol. The summed E-state index contributed by atoms with van der Waals surface area (Å²) in [6.07, 6.45) is 3.06. The van der Waals surface area contributed by atoms with Gasteiger partial charge in [0.25, 0.3) is 0 Å². The SMILES string of the molecule is O=C(/C=C/c1ccc(OCc2ccccc2)cc1)Oc1cccc(Cl)c1. The first-order chi connectivity index (χ1) is 12.7. The van der Waals surface area contributed by atoms with E-state index in [0.717, 1.165) is 16.9 Å². The summed E-state index contributed by atoms with van der Waals surface area (Å²) in [7, 11) is 0. The molecule has 0 fully saturated rings. The van der Waals surface area contributed by atoms with E-state index >= 15 is 0 Å². The first kappa shape index (κ1) is 17.8. The van der Waals surface area contributed by atoms with Crippen molar-refractivity contribution in [1.82, 2.24) is 0 Å². The first-order valence-corrected chi connectivity index (χ1v) is 8.49. The van der Waals surface area contributed by atoms with Gasteiger partial charge in [-0.2, -0.15) is 0 Å². The van der Waals surface area contributed by atoms with E-state index in [1.165, 1.54) is 6.08 Å². The highest BCUT2D eigenvalue weighted by Crippen LogP contribution is 2.18. The molecule has 3 nitrogen and oxygen atoms in total. The Morgan fingerprint density at radius 2 is 1.65 bits per heavy atom. The van der Waals surface area contributed by atoms with Gasteiger partial charge in [0.15, 0.2) is 0 Å². The van der Waals surface area contributed by atoms with Gasteiger partial charge >= 0.3 is 5.97 Å². The molecule has 0 atom stereocenters. The average Bonchev–Trinajstić information content (AvgIpc) is 2.66. The van der Waals surface area contributed by atoms with Crippen molar-refractivity contribution in [1.29, 1.82) is 0 Å². The Morgan fingerprint density at radius 3 is 2.38 bits per heavy atom. The molecule has 0 N–H and O–H groups in total. The van der Waals surface area contributed by atoms with E-state index in [1.54, 1.807) is 30.3 Å². The van der Waals surface area contributed by atoms with Crippen LogP contribution in [-0.2, 0) is 11.4 Å². The highest BCUT2D eigenvalue weighted by Gasteiger charge is 2.01.